The van der Waals surface area contributed by atoms with Gasteiger partial charge in [0.1, 0.15) is 6.07 Å². The van der Waals surface area contributed by atoms with Crippen LogP contribution in [0.1, 0.15) is 31.7 Å². The number of aliphatic imine (C=N–C) groups is 1. The Bertz CT molecular complexity index is 651. The number of anilines is 1. The first kappa shape index (κ1) is 19.9. The highest BCUT2D eigenvalue weighted by molar-refractivity contribution is 5.80. The first-order valence-electron chi connectivity index (χ1n) is 8.78. The largest absolute Gasteiger partial charge is 0.390 e. The van der Waals surface area contributed by atoms with E-state index in [2.05, 4.69) is 26.6 Å². The highest BCUT2D eigenvalue weighted by Crippen LogP contribution is 2.23. The lowest BCUT2D eigenvalue weighted by molar-refractivity contribution is -0.132. The number of para-hydroxylation sites is 1. The molecule has 8 heteroatoms. The Morgan fingerprint density at radius 2 is 2.15 bits per heavy atom. The summed E-state index contributed by atoms with van der Waals surface area (Å²) in [5.74, 6) is 0.400. The van der Waals surface area contributed by atoms with Crippen molar-refractivity contribution in [3.8, 4) is 6.07 Å². The highest BCUT2D eigenvalue weighted by Gasteiger charge is 2.26. The smallest absolute Gasteiger partial charge is 0.368 e. The van der Waals surface area contributed by atoms with Crippen molar-refractivity contribution in [1.82, 2.24) is 10.6 Å². The predicted molar refractivity (Wildman–Crippen MR) is 96.2 cm³/mol. The van der Waals surface area contributed by atoms with E-state index in [4.69, 9.17) is 0 Å². The summed E-state index contributed by atoms with van der Waals surface area (Å²) in [7, 11) is 0. The van der Waals surface area contributed by atoms with Crippen LogP contribution < -0.4 is 15.5 Å². The van der Waals surface area contributed by atoms with Gasteiger partial charge in [0.25, 0.3) is 0 Å². The molecule has 26 heavy (non-hydrogen) atoms. The lowest BCUT2D eigenvalue weighted by Gasteiger charge is -2.35. The average molecular weight is 367 g/mol. The molecule has 1 atom stereocenters. The molecule has 5 nitrogen and oxygen atoms in total. The number of halogens is 3. The zero-order valence-electron chi connectivity index (χ0n) is 14.8. The Hall–Kier alpha value is -2.43. The number of guanidine groups is 1. The molecule has 1 aliphatic heterocycles. The van der Waals surface area contributed by atoms with Gasteiger partial charge in [-0.3, -0.25) is 4.99 Å². The van der Waals surface area contributed by atoms with Crippen LogP contribution in [0.3, 0.4) is 0 Å². The van der Waals surface area contributed by atoms with Crippen LogP contribution in [0.25, 0.3) is 0 Å². The molecule has 1 aromatic rings. The fourth-order valence-corrected chi connectivity index (χ4v) is 2.97. The van der Waals surface area contributed by atoms with Crippen molar-refractivity contribution < 1.29 is 13.2 Å². The van der Waals surface area contributed by atoms with Gasteiger partial charge in [0.05, 0.1) is 24.2 Å². The van der Waals surface area contributed by atoms with Gasteiger partial charge >= 0.3 is 6.18 Å². The molecule has 1 fully saturated rings. The molecule has 1 unspecified atom stereocenters. The van der Waals surface area contributed by atoms with Crippen LogP contribution in [0.5, 0.6) is 0 Å². The van der Waals surface area contributed by atoms with Gasteiger partial charge < -0.3 is 15.5 Å². The van der Waals surface area contributed by atoms with E-state index in [1.165, 1.54) is 0 Å². The number of hydrogen-bond donors (Lipinski definition) is 2. The number of benzene rings is 1. The third kappa shape index (κ3) is 6.14. The van der Waals surface area contributed by atoms with Crippen molar-refractivity contribution in [2.45, 2.75) is 38.4 Å². The lowest BCUT2D eigenvalue weighted by Crippen LogP contribution is -2.51. The van der Waals surface area contributed by atoms with Crippen LogP contribution in [-0.2, 0) is 0 Å². The monoisotopic (exact) mass is 367 g/mol. The third-order valence-electron chi connectivity index (χ3n) is 4.14. The molecule has 0 bridgehead atoms. The summed E-state index contributed by atoms with van der Waals surface area (Å²) in [4.78, 5) is 6.17. The van der Waals surface area contributed by atoms with Crippen molar-refractivity contribution in [3.63, 3.8) is 0 Å². The zero-order valence-corrected chi connectivity index (χ0v) is 14.8. The van der Waals surface area contributed by atoms with E-state index in [-0.39, 0.29) is 12.6 Å². The van der Waals surface area contributed by atoms with E-state index in [9.17, 15) is 18.4 Å². The maximum absolute atomic E-state index is 12.3. The van der Waals surface area contributed by atoms with E-state index in [1.54, 1.807) is 6.07 Å². The number of nitriles is 1. The van der Waals surface area contributed by atoms with Gasteiger partial charge in [-0.05, 0) is 31.9 Å². The topological polar surface area (TPSA) is 63.5 Å². The highest BCUT2D eigenvalue weighted by atomic mass is 19.4. The first-order chi connectivity index (χ1) is 12.4. The number of rotatable bonds is 5. The molecule has 2 rings (SSSR count). The molecule has 0 spiro atoms. The quantitative estimate of drug-likeness (QED) is 0.620. The van der Waals surface area contributed by atoms with E-state index in [0.717, 1.165) is 25.1 Å². The van der Waals surface area contributed by atoms with Gasteiger partial charge in [0.15, 0.2) is 5.96 Å². The molecule has 142 valence electrons. The SMILES string of the molecule is CCNC(=NCCC(F)(F)F)NC1CCCN(c2ccccc2C#N)C1. The predicted octanol–water partition coefficient (Wildman–Crippen LogP) is 3.03. The fraction of sp³-hybridized carbons (Fsp3) is 0.556. The van der Waals surface area contributed by atoms with Gasteiger partial charge in [-0.25, -0.2) is 0 Å². The van der Waals surface area contributed by atoms with E-state index in [1.807, 2.05) is 25.1 Å². The zero-order chi connectivity index (χ0) is 19.0. The normalized spacial score (nSPS) is 18.3. The maximum Gasteiger partial charge on any atom is 0.390 e. The summed E-state index contributed by atoms with van der Waals surface area (Å²) in [6.07, 6.45) is -3.31. The van der Waals surface area contributed by atoms with E-state index < -0.39 is 12.6 Å². The Kier molecular flexibility index (Phi) is 7.13. The van der Waals surface area contributed by atoms with Crippen LogP contribution >= 0.6 is 0 Å². The Morgan fingerprint density at radius 3 is 2.85 bits per heavy atom. The fourth-order valence-electron chi connectivity index (χ4n) is 2.97. The van der Waals surface area contributed by atoms with Crippen molar-refractivity contribution in [1.29, 1.82) is 5.26 Å². The molecule has 0 aliphatic carbocycles. The molecule has 0 amide bonds. The van der Waals surface area contributed by atoms with Crippen molar-refractivity contribution in [3.05, 3.63) is 29.8 Å². The summed E-state index contributed by atoms with van der Waals surface area (Å²) in [5.41, 5.74) is 1.51. The maximum atomic E-state index is 12.3. The third-order valence-corrected chi connectivity index (χ3v) is 4.14. The number of alkyl halides is 3. The van der Waals surface area contributed by atoms with Crippen molar-refractivity contribution in [2.75, 3.05) is 31.1 Å². The van der Waals surface area contributed by atoms with E-state index in [0.29, 0.717) is 24.6 Å². The van der Waals surface area contributed by atoms with Gasteiger partial charge in [-0.2, -0.15) is 18.4 Å². The van der Waals surface area contributed by atoms with Crippen LogP contribution in [0.2, 0.25) is 0 Å². The van der Waals surface area contributed by atoms with Gasteiger partial charge in [-0.15, -0.1) is 0 Å². The molecule has 2 N–H and O–H groups in total. The number of nitrogens with zero attached hydrogens (tertiary/aromatic N) is 3. The number of piperidine rings is 1. The summed E-state index contributed by atoms with van der Waals surface area (Å²) < 4.78 is 37.0. The number of nitrogens with one attached hydrogen (secondary N) is 2. The molecular formula is C18H24F3N5. The minimum Gasteiger partial charge on any atom is -0.368 e. The number of hydrogen-bond acceptors (Lipinski definition) is 3. The molecule has 1 aromatic carbocycles. The molecule has 0 radical (unpaired) electrons. The van der Waals surface area contributed by atoms with Crippen LogP contribution in [0.4, 0.5) is 18.9 Å². The molecule has 1 heterocycles. The molecule has 0 aromatic heterocycles. The van der Waals surface area contributed by atoms with Gasteiger partial charge in [0, 0.05) is 25.7 Å². The van der Waals surface area contributed by atoms with E-state index >= 15 is 0 Å². The standard InChI is InChI=1S/C18H24F3N5/c1-2-23-17(24-10-9-18(19,20)21)25-15-7-5-11-26(13-15)16-8-4-3-6-14(16)12-22/h3-4,6,8,15H,2,5,7,9-11,13H2,1H3,(H2,23,24,25). The second-order valence-corrected chi connectivity index (χ2v) is 6.18. The molecule has 1 saturated heterocycles. The minimum absolute atomic E-state index is 0.0548. The minimum atomic E-state index is -4.20. The van der Waals surface area contributed by atoms with Crippen LogP contribution in [0, 0.1) is 11.3 Å². The molecule has 0 saturated carbocycles. The van der Waals surface area contributed by atoms with Crippen LogP contribution in [0.15, 0.2) is 29.3 Å². The van der Waals surface area contributed by atoms with Crippen LogP contribution in [-0.4, -0.2) is 44.4 Å². The Balaban J connectivity index is 2.01. The average Bonchev–Trinajstić information content (AvgIpc) is 2.61. The lowest BCUT2D eigenvalue weighted by atomic mass is 10.0. The second kappa shape index (κ2) is 9.32. The van der Waals surface area contributed by atoms with Gasteiger partial charge in [-0.1, -0.05) is 12.1 Å². The summed E-state index contributed by atoms with van der Waals surface area (Å²) in [5, 5.41) is 15.5. The first-order valence-corrected chi connectivity index (χ1v) is 8.78. The van der Waals surface area contributed by atoms with Crippen molar-refractivity contribution >= 4 is 11.6 Å². The Labute approximate surface area is 151 Å². The molecule has 1 aliphatic rings. The molecular weight excluding hydrogens is 343 g/mol. The summed E-state index contributed by atoms with van der Waals surface area (Å²) in [6, 6.07) is 9.70. The summed E-state index contributed by atoms with van der Waals surface area (Å²) in [6.45, 7) is 3.66. The second-order valence-electron chi connectivity index (χ2n) is 6.18. The Morgan fingerprint density at radius 1 is 1.38 bits per heavy atom. The summed E-state index contributed by atoms with van der Waals surface area (Å²) >= 11 is 0. The van der Waals surface area contributed by atoms with Gasteiger partial charge in [0.2, 0.25) is 0 Å². The van der Waals surface area contributed by atoms with Crippen molar-refractivity contribution in [2.24, 2.45) is 4.99 Å².